The molecule has 6 heteroatoms. The highest BCUT2D eigenvalue weighted by Gasteiger charge is 2.08. The van der Waals surface area contributed by atoms with Crippen LogP contribution in [-0.4, -0.2) is 18.4 Å². The lowest BCUT2D eigenvalue weighted by atomic mass is 10.1. The van der Waals surface area contributed by atoms with Gasteiger partial charge in [-0.1, -0.05) is 37.3 Å². The Labute approximate surface area is 130 Å². The molecule has 0 aliphatic carbocycles. The van der Waals surface area contributed by atoms with E-state index in [1.54, 1.807) is 13.0 Å². The van der Waals surface area contributed by atoms with E-state index >= 15 is 0 Å². The molecule has 0 atom stereocenters. The van der Waals surface area contributed by atoms with E-state index in [0.717, 1.165) is 15.2 Å². The van der Waals surface area contributed by atoms with Crippen molar-refractivity contribution in [3.8, 4) is 5.75 Å². The third kappa shape index (κ3) is 3.95. The molecule has 2 aromatic rings. The molecule has 0 bridgehead atoms. The first-order chi connectivity index (χ1) is 10.1. The minimum absolute atomic E-state index is 0.180. The predicted molar refractivity (Wildman–Crippen MR) is 83.7 cm³/mol. The fraction of sp³-hybridized carbons (Fsp3) is 0.200. The average molecular weight is 351 g/mol. The van der Waals surface area contributed by atoms with Crippen molar-refractivity contribution in [2.75, 3.05) is 6.61 Å². The predicted octanol–water partition coefficient (Wildman–Crippen LogP) is 2.54. The molecule has 2 amide bonds. The van der Waals surface area contributed by atoms with Gasteiger partial charge in [-0.25, -0.2) is 0 Å². The highest BCUT2D eigenvalue weighted by Crippen LogP contribution is 2.32. The van der Waals surface area contributed by atoms with Crippen LogP contribution in [0.3, 0.4) is 0 Å². The van der Waals surface area contributed by atoms with Crippen LogP contribution in [0.4, 0.5) is 0 Å². The number of benzene rings is 2. The monoisotopic (exact) mass is 350 g/mol. The molecule has 0 aliphatic heterocycles. The fourth-order valence-corrected chi connectivity index (χ4v) is 2.34. The van der Waals surface area contributed by atoms with Crippen LogP contribution >= 0.6 is 15.9 Å². The summed E-state index contributed by atoms with van der Waals surface area (Å²) in [6, 6.07) is 11.6. The molecule has 2 N–H and O–H groups in total. The minimum atomic E-state index is -0.420. The number of carbonyl (C=O) groups is 2. The SMILES string of the molecule is CCC(=O)NNC(=O)COc1ccc2ccccc2c1Br. The summed E-state index contributed by atoms with van der Waals surface area (Å²) in [6.45, 7) is 1.52. The second-order valence-corrected chi connectivity index (χ2v) is 5.13. The smallest absolute Gasteiger partial charge is 0.276 e. The molecule has 0 aliphatic rings. The molecule has 2 aromatic carbocycles. The first-order valence-corrected chi connectivity index (χ1v) is 7.29. The molecule has 0 heterocycles. The van der Waals surface area contributed by atoms with Crippen LogP contribution in [-0.2, 0) is 9.59 Å². The third-order valence-electron chi connectivity index (χ3n) is 2.85. The van der Waals surface area contributed by atoms with E-state index in [1.807, 2.05) is 30.3 Å². The second kappa shape index (κ2) is 7.08. The van der Waals surface area contributed by atoms with Crippen LogP contribution in [0.15, 0.2) is 40.9 Å². The van der Waals surface area contributed by atoms with E-state index in [4.69, 9.17) is 4.74 Å². The van der Waals surface area contributed by atoms with Gasteiger partial charge in [0, 0.05) is 6.42 Å². The molecule has 0 saturated carbocycles. The normalized spacial score (nSPS) is 10.2. The molecule has 5 nitrogen and oxygen atoms in total. The second-order valence-electron chi connectivity index (χ2n) is 4.34. The van der Waals surface area contributed by atoms with E-state index in [1.165, 1.54) is 0 Å². The Bertz CT molecular complexity index is 673. The summed E-state index contributed by atoms with van der Waals surface area (Å²) in [6.07, 6.45) is 0.303. The van der Waals surface area contributed by atoms with Crippen LogP contribution < -0.4 is 15.6 Å². The van der Waals surface area contributed by atoms with E-state index < -0.39 is 5.91 Å². The number of fused-ring (bicyclic) bond motifs is 1. The number of amides is 2. The van der Waals surface area contributed by atoms with Crippen molar-refractivity contribution in [3.63, 3.8) is 0 Å². The Balaban J connectivity index is 1.99. The first-order valence-electron chi connectivity index (χ1n) is 6.49. The summed E-state index contributed by atoms with van der Waals surface area (Å²) in [7, 11) is 0. The summed E-state index contributed by atoms with van der Waals surface area (Å²) >= 11 is 3.48. The minimum Gasteiger partial charge on any atom is -0.483 e. The summed E-state index contributed by atoms with van der Waals surface area (Å²) in [5, 5.41) is 2.09. The largest absolute Gasteiger partial charge is 0.483 e. The van der Waals surface area contributed by atoms with Crippen LogP contribution in [0.5, 0.6) is 5.75 Å². The number of hydrogen-bond acceptors (Lipinski definition) is 3. The summed E-state index contributed by atoms with van der Waals surface area (Å²) < 4.78 is 6.26. The highest BCUT2D eigenvalue weighted by molar-refractivity contribution is 9.10. The Hall–Kier alpha value is -2.08. The topological polar surface area (TPSA) is 67.4 Å². The van der Waals surface area contributed by atoms with Crippen molar-refractivity contribution in [1.82, 2.24) is 10.9 Å². The Morgan fingerprint density at radius 1 is 1.10 bits per heavy atom. The molecule has 0 radical (unpaired) electrons. The van der Waals surface area contributed by atoms with Gasteiger partial charge in [-0.05, 0) is 32.8 Å². The third-order valence-corrected chi connectivity index (χ3v) is 3.67. The molecule has 110 valence electrons. The van der Waals surface area contributed by atoms with Gasteiger partial charge in [-0.2, -0.15) is 0 Å². The molecule has 0 aromatic heterocycles. The van der Waals surface area contributed by atoms with Crippen LogP contribution in [0.1, 0.15) is 13.3 Å². The molecule has 21 heavy (non-hydrogen) atoms. The maximum Gasteiger partial charge on any atom is 0.276 e. The number of halogens is 1. The maximum atomic E-state index is 11.5. The molecule has 0 spiro atoms. The Kier molecular flexibility index (Phi) is 5.16. The highest BCUT2D eigenvalue weighted by atomic mass is 79.9. The van der Waals surface area contributed by atoms with Gasteiger partial charge in [0.15, 0.2) is 6.61 Å². The number of ether oxygens (including phenoxy) is 1. The van der Waals surface area contributed by atoms with E-state index in [0.29, 0.717) is 12.2 Å². The zero-order chi connectivity index (χ0) is 15.2. The van der Waals surface area contributed by atoms with E-state index in [2.05, 4.69) is 26.8 Å². The van der Waals surface area contributed by atoms with Gasteiger partial charge in [0.25, 0.3) is 5.91 Å². The Morgan fingerprint density at radius 2 is 1.81 bits per heavy atom. The number of hydrogen-bond donors (Lipinski definition) is 2. The van der Waals surface area contributed by atoms with Gasteiger partial charge >= 0.3 is 0 Å². The van der Waals surface area contributed by atoms with Gasteiger partial charge in [0.1, 0.15) is 5.75 Å². The first kappa shape index (κ1) is 15.3. The fourth-order valence-electron chi connectivity index (χ4n) is 1.73. The summed E-state index contributed by atoms with van der Waals surface area (Å²) in [4.78, 5) is 22.6. The van der Waals surface area contributed by atoms with Crippen molar-refractivity contribution in [1.29, 1.82) is 0 Å². The lowest BCUT2D eigenvalue weighted by Gasteiger charge is -2.11. The van der Waals surface area contributed by atoms with Crippen molar-refractivity contribution < 1.29 is 14.3 Å². The van der Waals surface area contributed by atoms with Gasteiger partial charge < -0.3 is 4.74 Å². The van der Waals surface area contributed by atoms with Crippen LogP contribution in [0.2, 0.25) is 0 Å². The number of nitrogens with one attached hydrogen (secondary N) is 2. The standard InChI is InChI=1S/C15H15BrN2O3/c1-2-13(19)17-18-14(20)9-21-12-8-7-10-5-3-4-6-11(10)15(12)16/h3-8H,2,9H2,1H3,(H,17,19)(H,18,20). The maximum absolute atomic E-state index is 11.5. The quantitative estimate of drug-likeness (QED) is 0.832. The number of carbonyl (C=O) groups excluding carboxylic acids is 2. The van der Waals surface area contributed by atoms with Gasteiger partial charge in [-0.3, -0.25) is 20.4 Å². The molecule has 0 fully saturated rings. The van der Waals surface area contributed by atoms with E-state index in [9.17, 15) is 9.59 Å². The summed E-state index contributed by atoms with van der Waals surface area (Å²) in [5.74, 6) is -0.0993. The van der Waals surface area contributed by atoms with Crippen molar-refractivity contribution in [2.24, 2.45) is 0 Å². The summed E-state index contributed by atoms with van der Waals surface area (Å²) in [5.41, 5.74) is 4.56. The van der Waals surface area contributed by atoms with Gasteiger partial charge in [0.2, 0.25) is 5.91 Å². The lowest BCUT2D eigenvalue weighted by molar-refractivity contribution is -0.129. The van der Waals surface area contributed by atoms with Crippen LogP contribution in [0.25, 0.3) is 10.8 Å². The van der Waals surface area contributed by atoms with Crippen LogP contribution in [0, 0.1) is 0 Å². The lowest BCUT2D eigenvalue weighted by Crippen LogP contribution is -2.43. The molecular weight excluding hydrogens is 336 g/mol. The molecular formula is C15H15BrN2O3. The Morgan fingerprint density at radius 3 is 2.57 bits per heavy atom. The zero-order valence-corrected chi connectivity index (χ0v) is 13.1. The molecule has 2 rings (SSSR count). The number of hydrazine groups is 1. The molecule has 0 saturated heterocycles. The van der Waals surface area contributed by atoms with Gasteiger partial charge in [-0.15, -0.1) is 0 Å². The van der Waals surface area contributed by atoms with Crippen molar-refractivity contribution in [3.05, 3.63) is 40.9 Å². The van der Waals surface area contributed by atoms with E-state index in [-0.39, 0.29) is 12.5 Å². The zero-order valence-electron chi connectivity index (χ0n) is 11.5. The van der Waals surface area contributed by atoms with Crippen molar-refractivity contribution >= 4 is 38.5 Å². The number of rotatable bonds is 4. The van der Waals surface area contributed by atoms with Crippen molar-refractivity contribution in [2.45, 2.75) is 13.3 Å². The van der Waals surface area contributed by atoms with Gasteiger partial charge in [0.05, 0.1) is 4.47 Å². The average Bonchev–Trinajstić information content (AvgIpc) is 2.52. The molecule has 0 unspecified atom stereocenters.